The number of nitrogens with zero attached hydrogens (tertiary/aromatic N) is 1. The smallest absolute Gasteiger partial charge is 0.286 e. The van der Waals surface area contributed by atoms with Crippen LogP contribution in [0, 0.1) is 22.0 Å². The van der Waals surface area contributed by atoms with E-state index in [-0.39, 0.29) is 5.69 Å². The van der Waals surface area contributed by atoms with E-state index in [1.807, 2.05) is 0 Å². The van der Waals surface area contributed by atoms with Gasteiger partial charge in [0.05, 0.1) is 11.5 Å². The van der Waals surface area contributed by atoms with Gasteiger partial charge in [-0.3, -0.25) is 10.1 Å². The molecule has 0 aliphatic heterocycles. The molecule has 1 aromatic carbocycles. The summed E-state index contributed by atoms with van der Waals surface area (Å²) in [5, 5.41) is 13.5. The number of nitrogens with two attached hydrogens (primary N) is 1. The van der Waals surface area contributed by atoms with Gasteiger partial charge in [0, 0.05) is 11.8 Å². The zero-order valence-electron chi connectivity index (χ0n) is 8.28. The molecule has 0 saturated carbocycles. The van der Waals surface area contributed by atoms with Gasteiger partial charge in [-0.15, -0.1) is 0 Å². The first-order valence-electron chi connectivity index (χ1n) is 4.32. The predicted octanol–water partition coefficient (Wildman–Crippen LogP) is 0.748. The molecule has 5 heteroatoms. The topological polar surface area (TPSA) is 81.2 Å². The molecule has 0 fully saturated rings. The number of nitrogens with one attached hydrogen (secondary N) is 1. The Morgan fingerprint density at radius 2 is 2.33 bits per heavy atom. The van der Waals surface area contributed by atoms with Crippen molar-refractivity contribution in [3.8, 4) is 11.8 Å². The van der Waals surface area contributed by atoms with Crippen molar-refractivity contribution in [3.05, 3.63) is 33.9 Å². The number of rotatable bonds is 2. The molecule has 0 amide bonds. The Bertz CT molecular complexity index is 432. The summed E-state index contributed by atoms with van der Waals surface area (Å²) in [7, 11) is 1.76. The molecule has 0 aromatic heterocycles. The van der Waals surface area contributed by atoms with Gasteiger partial charge in [-0.05, 0) is 19.2 Å². The fourth-order valence-electron chi connectivity index (χ4n) is 1.03. The second kappa shape index (κ2) is 4.98. The summed E-state index contributed by atoms with van der Waals surface area (Å²) in [6.45, 7) is 0.488. The molecular formula is C10H11N3O2. The van der Waals surface area contributed by atoms with Gasteiger partial charge in [0.25, 0.3) is 5.69 Å². The van der Waals surface area contributed by atoms with Gasteiger partial charge in [-0.2, -0.15) is 0 Å². The second-order valence-corrected chi connectivity index (χ2v) is 2.87. The van der Waals surface area contributed by atoms with Gasteiger partial charge in [0.1, 0.15) is 5.56 Å². The van der Waals surface area contributed by atoms with Crippen LogP contribution in [0.5, 0.6) is 0 Å². The van der Waals surface area contributed by atoms with E-state index in [4.69, 9.17) is 5.73 Å². The SMILES string of the molecule is CNCC#Cc1ccc(N)cc1[N+](=O)[O-]. The average Bonchev–Trinajstić information content (AvgIpc) is 2.20. The van der Waals surface area contributed by atoms with Gasteiger partial charge in [0.2, 0.25) is 0 Å². The maximum absolute atomic E-state index is 10.7. The van der Waals surface area contributed by atoms with Crippen LogP contribution in [0.2, 0.25) is 0 Å². The molecular weight excluding hydrogens is 194 g/mol. The predicted molar refractivity (Wildman–Crippen MR) is 58.3 cm³/mol. The molecule has 0 aliphatic carbocycles. The Hall–Kier alpha value is -2.06. The van der Waals surface area contributed by atoms with Crippen LogP contribution < -0.4 is 11.1 Å². The first-order valence-corrected chi connectivity index (χ1v) is 4.32. The molecule has 1 aromatic rings. The molecule has 5 nitrogen and oxygen atoms in total. The normalized spacial score (nSPS) is 9.13. The average molecular weight is 205 g/mol. The van der Waals surface area contributed by atoms with E-state index in [0.717, 1.165) is 0 Å². The van der Waals surface area contributed by atoms with E-state index in [0.29, 0.717) is 17.8 Å². The van der Waals surface area contributed by atoms with Crippen LogP contribution in [-0.2, 0) is 0 Å². The lowest BCUT2D eigenvalue weighted by molar-refractivity contribution is -0.385. The van der Waals surface area contributed by atoms with Crippen LogP contribution in [-0.4, -0.2) is 18.5 Å². The minimum Gasteiger partial charge on any atom is -0.399 e. The molecule has 0 aliphatic rings. The molecule has 0 unspecified atom stereocenters. The standard InChI is InChI=1S/C10H11N3O2/c1-12-6-2-3-8-4-5-9(11)7-10(8)13(14)15/h4-5,7,12H,6,11H2,1H3. The third-order valence-electron chi connectivity index (χ3n) is 1.71. The Kier molecular flexibility index (Phi) is 3.66. The lowest BCUT2D eigenvalue weighted by atomic mass is 10.1. The highest BCUT2D eigenvalue weighted by atomic mass is 16.6. The maximum Gasteiger partial charge on any atom is 0.286 e. The van der Waals surface area contributed by atoms with Crippen molar-refractivity contribution in [2.24, 2.45) is 0 Å². The molecule has 3 N–H and O–H groups in total. The second-order valence-electron chi connectivity index (χ2n) is 2.87. The molecule has 15 heavy (non-hydrogen) atoms. The first-order chi connectivity index (χ1) is 7.15. The van der Waals surface area contributed by atoms with Crippen molar-refractivity contribution in [1.29, 1.82) is 0 Å². The van der Waals surface area contributed by atoms with Gasteiger partial charge in [-0.1, -0.05) is 11.8 Å². The quantitative estimate of drug-likeness (QED) is 0.323. The summed E-state index contributed by atoms with van der Waals surface area (Å²) in [5.74, 6) is 5.47. The number of benzene rings is 1. The largest absolute Gasteiger partial charge is 0.399 e. The highest BCUT2D eigenvalue weighted by Gasteiger charge is 2.11. The molecule has 0 bridgehead atoms. The van der Waals surface area contributed by atoms with Crippen LogP contribution in [0.25, 0.3) is 0 Å². The molecule has 78 valence electrons. The molecule has 0 spiro atoms. The maximum atomic E-state index is 10.7. The number of anilines is 1. The number of nitrogen functional groups attached to an aromatic ring is 1. The first kappa shape index (κ1) is 11.0. The summed E-state index contributed by atoms with van der Waals surface area (Å²) < 4.78 is 0. The highest BCUT2D eigenvalue weighted by Crippen LogP contribution is 2.20. The third kappa shape index (κ3) is 2.97. The van der Waals surface area contributed by atoms with Gasteiger partial charge < -0.3 is 11.1 Å². The fourth-order valence-corrected chi connectivity index (χ4v) is 1.03. The Morgan fingerprint density at radius 3 is 2.93 bits per heavy atom. The molecule has 0 saturated heterocycles. The van der Waals surface area contributed by atoms with E-state index in [9.17, 15) is 10.1 Å². The zero-order chi connectivity index (χ0) is 11.3. The number of hydrogen-bond acceptors (Lipinski definition) is 4. The Morgan fingerprint density at radius 1 is 1.60 bits per heavy atom. The number of nitro groups is 1. The van der Waals surface area contributed by atoms with Gasteiger partial charge >= 0.3 is 0 Å². The van der Waals surface area contributed by atoms with E-state index < -0.39 is 4.92 Å². The van der Waals surface area contributed by atoms with E-state index >= 15 is 0 Å². The van der Waals surface area contributed by atoms with Crippen molar-refractivity contribution >= 4 is 11.4 Å². The highest BCUT2D eigenvalue weighted by molar-refractivity contribution is 5.58. The van der Waals surface area contributed by atoms with Crippen molar-refractivity contribution in [3.63, 3.8) is 0 Å². The molecule has 0 radical (unpaired) electrons. The van der Waals surface area contributed by atoms with Gasteiger partial charge in [0.15, 0.2) is 0 Å². The van der Waals surface area contributed by atoms with Crippen LogP contribution in [0.4, 0.5) is 11.4 Å². The zero-order valence-corrected chi connectivity index (χ0v) is 8.28. The van der Waals surface area contributed by atoms with Crippen molar-refractivity contribution in [1.82, 2.24) is 5.32 Å². The van der Waals surface area contributed by atoms with E-state index in [1.54, 1.807) is 19.2 Å². The Labute approximate surface area is 87.4 Å². The summed E-state index contributed by atoms with van der Waals surface area (Å²) in [4.78, 5) is 10.2. The fraction of sp³-hybridized carbons (Fsp3) is 0.200. The summed E-state index contributed by atoms with van der Waals surface area (Å²) in [5.41, 5.74) is 6.14. The van der Waals surface area contributed by atoms with Crippen LogP contribution >= 0.6 is 0 Å². The van der Waals surface area contributed by atoms with E-state index in [2.05, 4.69) is 17.2 Å². The van der Waals surface area contributed by atoms with Crippen molar-refractivity contribution in [2.75, 3.05) is 19.3 Å². The minimum absolute atomic E-state index is 0.0568. The molecule has 0 atom stereocenters. The summed E-state index contributed by atoms with van der Waals surface area (Å²) in [6.07, 6.45) is 0. The third-order valence-corrected chi connectivity index (χ3v) is 1.71. The Balaban J connectivity index is 3.08. The van der Waals surface area contributed by atoms with Crippen molar-refractivity contribution < 1.29 is 4.92 Å². The monoisotopic (exact) mass is 205 g/mol. The summed E-state index contributed by atoms with van der Waals surface area (Å²) in [6, 6.07) is 4.45. The molecule has 0 heterocycles. The summed E-state index contributed by atoms with van der Waals surface area (Å²) >= 11 is 0. The van der Waals surface area contributed by atoms with Crippen LogP contribution in [0.1, 0.15) is 5.56 Å². The number of nitro benzene ring substituents is 1. The van der Waals surface area contributed by atoms with E-state index in [1.165, 1.54) is 6.07 Å². The van der Waals surface area contributed by atoms with Crippen LogP contribution in [0.3, 0.4) is 0 Å². The number of hydrogen-bond donors (Lipinski definition) is 2. The van der Waals surface area contributed by atoms with Gasteiger partial charge in [-0.25, -0.2) is 0 Å². The lowest BCUT2D eigenvalue weighted by Crippen LogP contribution is -2.04. The minimum atomic E-state index is -0.486. The lowest BCUT2D eigenvalue weighted by Gasteiger charge is -1.96. The van der Waals surface area contributed by atoms with Crippen molar-refractivity contribution in [2.45, 2.75) is 0 Å². The van der Waals surface area contributed by atoms with Crippen LogP contribution in [0.15, 0.2) is 18.2 Å². The molecule has 1 rings (SSSR count).